The topological polar surface area (TPSA) is 123 Å². The SMILES string of the molecule is COc1cc(OCCCN2CCCCC2)ccc1C1(N2CCC[C@H]2C(=O)N(C)C)C(=O)N(S(=O)(=O)c2ccc(C#N)cc2)c2ccc(Cl)cc21. The normalized spacial score (nSPS) is 21.1. The van der Waals surface area contributed by atoms with Gasteiger partial charge >= 0.3 is 0 Å². The van der Waals surface area contributed by atoms with Crippen LogP contribution in [0.2, 0.25) is 5.02 Å². The molecule has 0 bridgehead atoms. The zero-order valence-electron chi connectivity index (χ0n) is 28.6. The summed E-state index contributed by atoms with van der Waals surface area (Å²) in [6, 6.07) is 16.5. The van der Waals surface area contributed by atoms with Gasteiger partial charge in [0.25, 0.3) is 15.9 Å². The molecule has 3 aliphatic rings. The molecule has 3 heterocycles. The summed E-state index contributed by atoms with van der Waals surface area (Å²) in [5, 5.41) is 9.61. The first-order chi connectivity index (χ1) is 24.0. The Morgan fingerprint density at radius 2 is 1.74 bits per heavy atom. The van der Waals surface area contributed by atoms with Crippen molar-refractivity contribution in [3.05, 3.63) is 82.4 Å². The van der Waals surface area contributed by atoms with Gasteiger partial charge in [0.1, 0.15) is 11.5 Å². The first-order valence-electron chi connectivity index (χ1n) is 17.0. The molecule has 0 N–H and O–H groups in total. The van der Waals surface area contributed by atoms with Gasteiger partial charge in [-0.05, 0) is 99.8 Å². The number of benzene rings is 3. The van der Waals surface area contributed by atoms with Gasteiger partial charge in [0, 0.05) is 49.4 Å². The van der Waals surface area contributed by atoms with Gasteiger partial charge in [-0.3, -0.25) is 14.5 Å². The molecule has 1 unspecified atom stereocenters. The van der Waals surface area contributed by atoms with Gasteiger partial charge in [-0.15, -0.1) is 0 Å². The van der Waals surface area contributed by atoms with Gasteiger partial charge < -0.3 is 19.3 Å². The van der Waals surface area contributed by atoms with E-state index in [1.165, 1.54) is 67.7 Å². The van der Waals surface area contributed by atoms with Gasteiger partial charge in [0.15, 0.2) is 5.54 Å². The fraction of sp³-hybridized carbons (Fsp3) is 0.432. The summed E-state index contributed by atoms with van der Waals surface area (Å²) in [6.07, 6.45) is 5.63. The van der Waals surface area contributed by atoms with E-state index in [0.29, 0.717) is 53.6 Å². The molecular weight excluding hydrogens is 678 g/mol. The number of anilines is 1. The summed E-state index contributed by atoms with van der Waals surface area (Å²) in [6.45, 7) is 3.98. The number of amides is 2. The number of methoxy groups -OCH3 is 1. The molecule has 2 atom stereocenters. The first kappa shape index (κ1) is 35.7. The van der Waals surface area contributed by atoms with Crippen LogP contribution in [0.25, 0.3) is 0 Å². The number of hydrogen-bond acceptors (Lipinski definition) is 9. The van der Waals surface area contributed by atoms with E-state index in [-0.39, 0.29) is 22.1 Å². The Morgan fingerprint density at radius 1 is 1.00 bits per heavy atom. The highest BCUT2D eigenvalue weighted by molar-refractivity contribution is 7.93. The molecule has 13 heteroatoms. The highest BCUT2D eigenvalue weighted by Crippen LogP contribution is 2.55. The summed E-state index contributed by atoms with van der Waals surface area (Å²) >= 11 is 6.62. The minimum Gasteiger partial charge on any atom is -0.496 e. The number of rotatable bonds is 11. The molecule has 0 saturated carbocycles. The van der Waals surface area contributed by atoms with Crippen molar-refractivity contribution in [3.63, 3.8) is 0 Å². The Bertz CT molecular complexity index is 1910. The van der Waals surface area contributed by atoms with Crippen molar-refractivity contribution < 1.29 is 27.5 Å². The second-order valence-corrected chi connectivity index (χ2v) is 15.4. The molecule has 3 aliphatic heterocycles. The average molecular weight is 720 g/mol. The van der Waals surface area contributed by atoms with Crippen LogP contribution >= 0.6 is 11.6 Å². The molecule has 2 saturated heterocycles. The maximum atomic E-state index is 15.4. The number of sulfonamides is 1. The van der Waals surface area contributed by atoms with Crippen molar-refractivity contribution >= 4 is 39.1 Å². The van der Waals surface area contributed by atoms with Crippen molar-refractivity contribution in [2.24, 2.45) is 0 Å². The monoisotopic (exact) mass is 719 g/mol. The smallest absolute Gasteiger partial charge is 0.271 e. The van der Waals surface area contributed by atoms with E-state index in [4.69, 9.17) is 21.1 Å². The highest BCUT2D eigenvalue weighted by Gasteiger charge is 2.63. The Labute approximate surface area is 299 Å². The fourth-order valence-electron chi connectivity index (χ4n) is 7.53. The maximum Gasteiger partial charge on any atom is 0.271 e. The van der Waals surface area contributed by atoms with Crippen molar-refractivity contribution in [2.45, 2.75) is 55.0 Å². The zero-order valence-corrected chi connectivity index (χ0v) is 30.2. The lowest BCUT2D eigenvalue weighted by Crippen LogP contribution is -2.59. The first-order valence-corrected chi connectivity index (χ1v) is 18.8. The van der Waals surface area contributed by atoms with E-state index in [9.17, 15) is 18.5 Å². The lowest BCUT2D eigenvalue weighted by molar-refractivity contribution is -0.138. The van der Waals surface area contributed by atoms with Crippen molar-refractivity contribution in [1.82, 2.24) is 14.7 Å². The van der Waals surface area contributed by atoms with Crippen LogP contribution in [-0.4, -0.2) is 95.0 Å². The minimum absolute atomic E-state index is 0.117. The third kappa shape index (κ3) is 6.32. The molecule has 2 fully saturated rings. The molecule has 0 aliphatic carbocycles. The molecule has 50 heavy (non-hydrogen) atoms. The molecule has 3 aromatic carbocycles. The number of carbonyl (C=O) groups is 2. The molecular formula is C37H42ClN5O6S. The third-order valence-electron chi connectivity index (χ3n) is 9.89. The second-order valence-electron chi connectivity index (χ2n) is 13.1. The average Bonchev–Trinajstić information content (AvgIpc) is 3.71. The Hall–Kier alpha value is -4.15. The largest absolute Gasteiger partial charge is 0.496 e. The lowest BCUT2D eigenvalue weighted by atomic mass is 9.80. The second kappa shape index (κ2) is 14.6. The van der Waals surface area contributed by atoms with Crippen LogP contribution in [0.15, 0.2) is 65.6 Å². The Balaban J connectivity index is 1.48. The number of nitrogens with zero attached hydrogens (tertiary/aromatic N) is 5. The number of fused-ring (bicyclic) bond motifs is 1. The fourth-order valence-corrected chi connectivity index (χ4v) is 9.16. The number of ether oxygens (including phenoxy) is 2. The van der Waals surface area contributed by atoms with Crippen molar-refractivity contribution in [3.8, 4) is 17.6 Å². The number of likely N-dealkylation sites (N-methyl/N-ethyl adjacent to an activating group) is 1. The van der Waals surface area contributed by atoms with Gasteiger partial charge in [-0.1, -0.05) is 18.0 Å². The molecule has 3 aromatic rings. The van der Waals surface area contributed by atoms with Crippen LogP contribution in [0.1, 0.15) is 55.2 Å². The zero-order chi connectivity index (χ0) is 35.6. The molecule has 0 spiro atoms. The van der Waals surface area contributed by atoms with Gasteiger partial charge in [-0.25, -0.2) is 12.7 Å². The third-order valence-corrected chi connectivity index (χ3v) is 11.8. The molecule has 11 nitrogen and oxygen atoms in total. The van der Waals surface area contributed by atoms with Gasteiger partial charge in [0.05, 0.1) is 42.0 Å². The van der Waals surface area contributed by atoms with E-state index < -0.39 is 27.5 Å². The number of carbonyl (C=O) groups excluding carboxylic acids is 2. The molecule has 2 amide bonds. The van der Waals surface area contributed by atoms with Crippen LogP contribution in [-0.2, 0) is 25.2 Å². The Kier molecular flexibility index (Phi) is 10.4. The molecule has 0 radical (unpaired) electrons. The van der Waals surface area contributed by atoms with Crippen LogP contribution in [0.4, 0.5) is 5.69 Å². The predicted molar refractivity (Wildman–Crippen MR) is 190 cm³/mol. The number of nitriles is 1. The number of halogens is 1. The molecule has 264 valence electrons. The highest BCUT2D eigenvalue weighted by atomic mass is 35.5. The number of piperidine rings is 1. The van der Waals surface area contributed by atoms with Gasteiger partial charge in [-0.2, -0.15) is 5.26 Å². The van der Waals surface area contributed by atoms with Crippen LogP contribution in [0, 0.1) is 11.3 Å². The predicted octanol–water partition coefficient (Wildman–Crippen LogP) is 5.01. The van der Waals surface area contributed by atoms with Crippen molar-refractivity contribution in [2.75, 3.05) is 58.3 Å². The standard InChI is InChI=1S/C37H42ClN5O6S/c1-40(2)35(44)33-9-7-21-42(33)37(30-16-13-28(24-34(30)48-3)49-22-8-20-41-18-5-4-6-19-41)31-23-27(38)12-17-32(31)43(36(37)45)50(46,47)29-14-10-26(25-39)11-15-29/h10-17,23-24,33H,4-9,18-22H2,1-3H3/t33-,37?/m0/s1. The van der Waals surface area contributed by atoms with Crippen LogP contribution in [0.5, 0.6) is 11.5 Å². The van der Waals surface area contributed by atoms with Gasteiger partial charge in [0.2, 0.25) is 5.91 Å². The van der Waals surface area contributed by atoms with E-state index in [1.54, 1.807) is 43.3 Å². The maximum absolute atomic E-state index is 15.4. The molecule has 0 aromatic heterocycles. The van der Waals surface area contributed by atoms with E-state index >= 15 is 4.79 Å². The summed E-state index contributed by atoms with van der Waals surface area (Å²) in [5.74, 6) is -0.149. The Morgan fingerprint density at radius 3 is 2.42 bits per heavy atom. The van der Waals surface area contributed by atoms with E-state index in [0.717, 1.165) is 30.4 Å². The quantitative estimate of drug-likeness (QED) is 0.252. The number of hydrogen-bond donors (Lipinski definition) is 0. The van der Waals surface area contributed by atoms with E-state index in [2.05, 4.69) is 4.90 Å². The van der Waals surface area contributed by atoms with Crippen LogP contribution in [0.3, 0.4) is 0 Å². The summed E-state index contributed by atoms with van der Waals surface area (Å²) in [7, 11) is 0.293. The lowest BCUT2D eigenvalue weighted by Gasteiger charge is -2.42. The summed E-state index contributed by atoms with van der Waals surface area (Å²) in [5.41, 5.74) is -0.736. The number of likely N-dealkylation sites (tertiary alicyclic amines) is 2. The minimum atomic E-state index is -4.51. The van der Waals surface area contributed by atoms with Crippen LogP contribution < -0.4 is 13.8 Å². The van der Waals surface area contributed by atoms with Crippen molar-refractivity contribution in [1.29, 1.82) is 5.26 Å². The summed E-state index contributed by atoms with van der Waals surface area (Å²) < 4.78 is 41.8. The molecule has 6 rings (SSSR count). The summed E-state index contributed by atoms with van der Waals surface area (Å²) in [4.78, 5) is 34.7. The van der Waals surface area contributed by atoms with E-state index in [1.807, 2.05) is 6.07 Å².